The molecule has 0 saturated heterocycles. The zero-order chi connectivity index (χ0) is 30.1. The van der Waals surface area contributed by atoms with Crippen LogP contribution in [0.1, 0.15) is 70.9 Å². The second kappa shape index (κ2) is 12.3. The summed E-state index contributed by atoms with van der Waals surface area (Å²) in [7, 11) is 0. The van der Waals surface area contributed by atoms with Crippen molar-refractivity contribution in [3.63, 3.8) is 0 Å². The number of ketones is 1. The van der Waals surface area contributed by atoms with Gasteiger partial charge in [-0.25, -0.2) is 0 Å². The van der Waals surface area contributed by atoms with Gasteiger partial charge in [0.2, 0.25) is 0 Å². The first-order chi connectivity index (χ1) is 20.0. The normalized spacial score (nSPS) is 36.0. The van der Waals surface area contributed by atoms with E-state index in [9.17, 15) is 14.7 Å². The molecule has 2 aromatic rings. The van der Waals surface area contributed by atoms with E-state index < -0.39 is 23.0 Å². The Balaban J connectivity index is 1.30. The number of ether oxygens (including phenoxy) is 1. The molecule has 8 atom stereocenters. The number of esters is 1. The average molecular weight is 590 g/mol. The summed E-state index contributed by atoms with van der Waals surface area (Å²) in [5.41, 5.74) is 1.02. The predicted molar refractivity (Wildman–Crippen MR) is 169 cm³/mol. The number of hydrogen-bond donors (Lipinski definition) is 2. The third-order valence-corrected chi connectivity index (χ3v) is 12.3. The maximum Gasteiger partial charge on any atom is 0.316 e. The Labute approximate surface area is 255 Å². The van der Waals surface area contributed by atoms with Crippen LogP contribution in [0.15, 0.2) is 72.1 Å². The molecule has 0 amide bonds. The first kappa shape index (κ1) is 31.0. The van der Waals surface area contributed by atoms with Crippen LogP contribution in [0.3, 0.4) is 0 Å². The number of thioether (sulfide) groups is 1. The molecule has 226 valence electrons. The number of carbonyl (C=O) groups is 2. The van der Waals surface area contributed by atoms with E-state index in [2.05, 4.69) is 56.9 Å². The maximum absolute atomic E-state index is 13.6. The Bertz CT molecular complexity index is 1300. The van der Waals surface area contributed by atoms with Crippen LogP contribution in [-0.4, -0.2) is 34.8 Å². The highest BCUT2D eigenvalue weighted by Gasteiger charge is 2.68. The van der Waals surface area contributed by atoms with E-state index in [4.69, 9.17) is 4.74 Å². The summed E-state index contributed by atoms with van der Waals surface area (Å²) < 4.78 is 6.40. The summed E-state index contributed by atoms with van der Waals surface area (Å²) >= 11 is 1.48. The van der Waals surface area contributed by atoms with Crippen molar-refractivity contribution in [3.05, 3.63) is 78.4 Å². The zero-order valence-electron chi connectivity index (χ0n) is 25.6. The van der Waals surface area contributed by atoms with Crippen molar-refractivity contribution in [3.8, 4) is 0 Å². The molecule has 6 heteroatoms. The number of aliphatic hydroxyl groups is 1. The summed E-state index contributed by atoms with van der Waals surface area (Å²) in [4.78, 5) is 28.1. The lowest BCUT2D eigenvalue weighted by molar-refractivity contribution is -0.205. The molecule has 3 fully saturated rings. The number of Topliss-reactive ketones (excluding diaryl/α,β-unsaturated/α-hetero) is 1. The topological polar surface area (TPSA) is 75.6 Å². The van der Waals surface area contributed by atoms with E-state index >= 15 is 0 Å². The molecule has 42 heavy (non-hydrogen) atoms. The summed E-state index contributed by atoms with van der Waals surface area (Å²) in [6, 6.07) is 18.6. The minimum Gasteiger partial charge on any atom is -0.461 e. The van der Waals surface area contributed by atoms with E-state index in [1.165, 1.54) is 17.3 Å². The molecule has 3 saturated carbocycles. The van der Waals surface area contributed by atoms with Gasteiger partial charge in [-0.3, -0.25) is 9.59 Å². The van der Waals surface area contributed by atoms with Gasteiger partial charge in [-0.2, -0.15) is 0 Å². The molecule has 5 rings (SSSR count). The van der Waals surface area contributed by atoms with Gasteiger partial charge >= 0.3 is 5.97 Å². The molecule has 3 aliphatic carbocycles. The van der Waals surface area contributed by atoms with Crippen LogP contribution < -0.4 is 5.32 Å². The zero-order valence-corrected chi connectivity index (χ0v) is 26.4. The summed E-state index contributed by atoms with van der Waals surface area (Å²) in [6.45, 7) is 14.2. The smallest absolute Gasteiger partial charge is 0.316 e. The fourth-order valence-corrected chi connectivity index (χ4v) is 9.29. The highest BCUT2D eigenvalue weighted by molar-refractivity contribution is 8.00. The molecule has 2 N–H and O–H groups in total. The first-order valence-corrected chi connectivity index (χ1v) is 16.5. The van der Waals surface area contributed by atoms with Gasteiger partial charge < -0.3 is 15.2 Å². The molecule has 2 bridgehead atoms. The number of hydrogen-bond acceptors (Lipinski definition) is 6. The highest BCUT2D eigenvalue weighted by Crippen LogP contribution is 2.68. The number of rotatable bonds is 9. The number of carbonyl (C=O) groups excluding carboxylic acids is 2. The molecule has 2 aromatic carbocycles. The van der Waals surface area contributed by atoms with E-state index in [0.29, 0.717) is 12.8 Å². The fourth-order valence-electron chi connectivity index (χ4n) is 8.53. The number of benzene rings is 2. The molecule has 0 heterocycles. The lowest BCUT2D eigenvalue weighted by Gasteiger charge is -2.61. The van der Waals surface area contributed by atoms with Gasteiger partial charge in [-0.05, 0) is 66.2 Å². The van der Waals surface area contributed by atoms with Crippen LogP contribution in [0.5, 0.6) is 0 Å². The average Bonchev–Trinajstić information content (AvgIpc) is 3.35. The van der Waals surface area contributed by atoms with Gasteiger partial charge in [-0.15, -0.1) is 18.3 Å². The Hall–Kier alpha value is -2.41. The Morgan fingerprint density at radius 1 is 1.10 bits per heavy atom. The number of aliphatic hydroxyl groups excluding tert-OH is 1. The molecule has 3 unspecified atom stereocenters. The van der Waals surface area contributed by atoms with Crippen LogP contribution in [0.25, 0.3) is 0 Å². The molecular formula is C36H47NO4S. The standard InChI is InChI=1S/C36H47NO4S/c1-6-34(4)20-30(35(5)24(2)15-17-36(25(3)33(34)40)18-16-29(38)32(35)36)41-31(39)23-42-28-14-10-13-27(19-28)22-37-21-26-11-8-7-9-12-26/h6-14,19,24-25,30,32-33,37,40H,1,15-18,20-23H2,2-5H3/t24?,25-,30+,32?,33-,34+,35-,36?/m0/s1. The summed E-state index contributed by atoms with van der Waals surface area (Å²) in [5, 5.41) is 15.2. The van der Waals surface area contributed by atoms with Crippen LogP contribution >= 0.6 is 11.8 Å². The van der Waals surface area contributed by atoms with Gasteiger partial charge in [0.1, 0.15) is 11.9 Å². The molecule has 0 radical (unpaired) electrons. The van der Waals surface area contributed by atoms with Crippen molar-refractivity contribution in [1.29, 1.82) is 0 Å². The lowest BCUT2D eigenvalue weighted by Crippen LogP contribution is -2.63. The quantitative estimate of drug-likeness (QED) is 0.187. The monoisotopic (exact) mass is 589 g/mol. The molecule has 0 aromatic heterocycles. The van der Waals surface area contributed by atoms with Crippen LogP contribution in [0.4, 0.5) is 0 Å². The predicted octanol–water partition coefficient (Wildman–Crippen LogP) is 6.98. The van der Waals surface area contributed by atoms with Crippen LogP contribution in [-0.2, 0) is 27.4 Å². The maximum atomic E-state index is 13.6. The Morgan fingerprint density at radius 3 is 2.55 bits per heavy atom. The SMILES string of the molecule is C=C[C@]1(C)C[C@@H](OC(=O)CSc2cccc(CNCc3ccccc3)c2)[C@]2(C)C(C)CCC3(CCC(=O)C32)[C@@H](C)[C@@H]1O. The molecule has 5 nitrogen and oxygen atoms in total. The van der Waals surface area contributed by atoms with Crippen LogP contribution in [0, 0.1) is 34.0 Å². The van der Waals surface area contributed by atoms with Crippen molar-refractivity contribution < 1.29 is 19.4 Å². The van der Waals surface area contributed by atoms with E-state index in [1.54, 1.807) is 0 Å². The van der Waals surface area contributed by atoms with E-state index in [-0.39, 0.29) is 40.7 Å². The Kier molecular flexibility index (Phi) is 9.08. The van der Waals surface area contributed by atoms with Gasteiger partial charge in [0.25, 0.3) is 0 Å². The highest BCUT2D eigenvalue weighted by atomic mass is 32.2. The third kappa shape index (κ3) is 5.62. The third-order valence-electron chi connectivity index (χ3n) is 11.3. The van der Waals surface area contributed by atoms with Crippen molar-refractivity contribution in [1.82, 2.24) is 5.32 Å². The summed E-state index contributed by atoms with van der Waals surface area (Å²) in [5.74, 6) is 0.166. The minimum absolute atomic E-state index is 0.0366. The van der Waals surface area contributed by atoms with Gasteiger partial charge in [-0.1, -0.05) is 76.2 Å². The van der Waals surface area contributed by atoms with E-state index in [1.807, 2.05) is 43.3 Å². The first-order valence-electron chi connectivity index (χ1n) is 15.5. The van der Waals surface area contributed by atoms with Crippen molar-refractivity contribution >= 4 is 23.5 Å². The van der Waals surface area contributed by atoms with Crippen molar-refractivity contribution in [2.45, 2.75) is 90.0 Å². The van der Waals surface area contributed by atoms with Crippen LogP contribution in [0.2, 0.25) is 0 Å². The second-order valence-corrected chi connectivity index (χ2v) is 14.6. The molecule has 0 spiro atoms. The lowest BCUT2D eigenvalue weighted by atomic mass is 9.44. The number of nitrogens with one attached hydrogen (secondary N) is 1. The largest absolute Gasteiger partial charge is 0.461 e. The van der Waals surface area contributed by atoms with Crippen molar-refractivity contribution in [2.24, 2.45) is 34.0 Å². The minimum atomic E-state index is -0.657. The molecule has 0 aliphatic heterocycles. The molecular weight excluding hydrogens is 542 g/mol. The Morgan fingerprint density at radius 2 is 1.81 bits per heavy atom. The fraction of sp³-hybridized carbons (Fsp3) is 0.556. The van der Waals surface area contributed by atoms with Gasteiger partial charge in [0.15, 0.2) is 0 Å². The second-order valence-electron chi connectivity index (χ2n) is 13.6. The van der Waals surface area contributed by atoms with Gasteiger partial charge in [0, 0.05) is 41.2 Å². The molecule has 3 aliphatic rings. The van der Waals surface area contributed by atoms with E-state index in [0.717, 1.165) is 42.8 Å². The summed E-state index contributed by atoms with van der Waals surface area (Å²) in [6.07, 6.45) is 4.41. The van der Waals surface area contributed by atoms with Crippen molar-refractivity contribution in [2.75, 3.05) is 5.75 Å². The van der Waals surface area contributed by atoms with Gasteiger partial charge in [0.05, 0.1) is 11.9 Å².